The molecule has 2 fully saturated rings. The Hall–Kier alpha value is -2.47. The average molecular weight is 368 g/mol. The summed E-state index contributed by atoms with van der Waals surface area (Å²) in [6, 6.07) is 10.6. The zero-order valence-corrected chi connectivity index (χ0v) is 15.2. The Morgan fingerprint density at radius 1 is 0.846 bits per heavy atom. The molecule has 1 saturated heterocycles. The van der Waals surface area contributed by atoms with E-state index in [4.69, 9.17) is 0 Å². The van der Waals surface area contributed by atoms with Crippen molar-refractivity contribution in [2.75, 3.05) is 26.2 Å². The first-order chi connectivity index (χ1) is 12.6. The van der Waals surface area contributed by atoms with Gasteiger partial charge in [0, 0.05) is 37.7 Å². The van der Waals surface area contributed by atoms with Gasteiger partial charge in [-0.1, -0.05) is 24.3 Å². The molecule has 0 bridgehead atoms. The molecular formula is C20H20N2O3S. The standard InChI is InChI=1S/C20H20N2O3S/c23-18(17-6-3-13-26-17)15-4-1-2-5-16(15)20(25)22-11-9-21(10-12-22)19(24)14-7-8-14/h1-6,13-14H,7-12H2. The number of benzene rings is 1. The predicted molar refractivity (Wildman–Crippen MR) is 99.4 cm³/mol. The molecule has 2 aromatic rings. The number of carbonyl (C=O) groups is 3. The molecule has 0 N–H and O–H groups in total. The summed E-state index contributed by atoms with van der Waals surface area (Å²) in [5, 5.41) is 1.85. The molecule has 4 rings (SSSR count). The molecule has 0 atom stereocenters. The third-order valence-corrected chi connectivity index (χ3v) is 5.82. The Balaban J connectivity index is 1.49. The van der Waals surface area contributed by atoms with Gasteiger partial charge >= 0.3 is 0 Å². The predicted octanol–water partition coefficient (Wildman–Crippen LogP) is 2.67. The molecule has 0 unspecified atom stereocenters. The van der Waals surface area contributed by atoms with Crippen LogP contribution in [-0.2, 0) is 4.79 Å². The molecule has 6 heteroatoms. The fourth-order valence-electron chi connectivity index (χ4n) is 3.30. The minimum atomic E-state index is -0.135. The highest BCUT2D eigenvalue weighted by molar-refractivity contribution is 7.12. The van der Waals surface area contributed by atoms with Crippen LogP contribution in [0.15, 0.2) is 41.8 Å². The van der Waals surface area contributed by atoms with Gasteiger partial charge in [0.25, 0.3) is 5.91 Å². The van der Waals surface area contributed by atoms with E-state index in [9.17, 15) is 14.4 Å². The number of carbonyl (C=O) groups excluding carboxylic acids is 3. The number of nitrogens with zero attached hydrogens (tertiary/aromatic N) is 2. The Morgan fingerprint density at radius 2 is 1.50 bits per heavy atom. The van der Waals surface area contributed by atoms with Crippen LogP contribution in [0.1, 0.15) is 38.4 Å². The largest absolute Gasteiger partial charge is 0.339 e. The smallest absolute Gasteiger partial charge is 0.254 e. The van der Waals surface area contributed by atoms with E-state index < -0.39 is 0 Å². The second-order valence-corrected chi connectivity index (χ2v) is 7.69. The first kappa shape index (κ1) is 17.0. The van der Waals surface area contributed by atoms with Gasteiger partial charge in [-0.2, -0.15) is 0 Å². The zero-order chi connectivity index (χ0) is 18.1. The van der Waals surface area contributed by atoms with Crippen LogP contribution in [0.25, 0.3) is 0 Å². The molecule has 0 radical (unpaired) electrons. The molecule has 134 valence electrons. The summed E-state index contributed by atoms with van der Waals surface area (Å²) in [5.41, 5.74) is 0.879. The summed E-state index contributed by atoms with van der Waals surface area (Å²) in [4.78, 5) is 42.1. The van der Waals surface area contributed by atoms with Crippen LogP contribution in [0, 0.1) is 5.92 Å². The fourth-order valence-corrected chi connectivity index (χ4v) is 3.97. The maximum atomic E-state index is 13.0. The monoisotopic (exact) mass is 368 g/mol. The van der Waals surface area contributed by atoms with E-state index in [2.05, 4.69) is 0 Å². The Bertz CT molecular complexity index is 835. The third-order valence-electron chi connectivity index (χ3n) is 4.95. The van der Waals surface area contributed by atoms with Crippen molar-refractivity contribution in [1.82, 2.24) is 9.80 Å². The molecule has 1 saturated carbocycles. The van der Waals surface area contributed by atoms with Crippen molar-refractivity contribution >= 4 is 28.9 Å². The van der Waals surface area contributed by atoms with Gasteiger partial charge in [-0.15, -0.1) is 11.3 Å². The van der Waals surface area contributed by atoms with Gasteiger partial charge in [0.1, 0.15) is 0 Å². The summed E-state index contributed by atoms with van der Waals surface area (Å²) in [6.07, 6.45) is 1.99. The van der Waals surface area contributed by atoms with Crippen molar-refractivity contribution < 1.29 is 14.4 Å². The first-order valence-corrected chi connectivity index (χ1v) is 9.78. The minimum absolute atomic E-state index is 0.119. The Kier molecular flexibility index (Phi) is 4.59. The van der Waals surface area contributed by atoms with Crippen LogP contribution in [0.4, 0.5) is 0 Å². The van der Waals surface area contributed by atoms with Crippen molar-refractivity contribution in [3.8, 4) is 0 Å². The molecule has 0 spiro atoms. The van der Waals surface area contributed by atoms with Crippen LogP contribution in [0.5, 0.6) is 0 Å². The maximum Gasteiger partial charge on any atom is 0.254 e. The lowest BCUT2D eigenvalue weighted by atomic mass is 10.0. The molecule has 2 amide bonds. The van der Waals surface area contributed by atoms with E-state index >= 15 is 0 Å². The molecule has 2 heterocycles. The van der Waals surface area contributed by atoms with Crippen molar-refractivity contribution in [1.29, 1.82) is 0 Å². The lowest BCUT2D eigenvalue weighted by Crippen LogP contribution is -2.51. The molecule has 2 aliphatic rings. The minimum Gasteiger partial charge on any atom is -0.339 e. The Morgan fingerprint density at radius 3 is 2.12 bits per heavy atom. The molecule has 5 nitrogen and oxygen atoms in total. The van der Waals surface area contributed by atoms with Crippen LogP contribution in [0.3, 0.4) is 0 Å². The molecule has 26 heavy (non-hydrogen) atoms. The van der Waals surface area contributed by atoms with E-state index in [0.717, 1.165) is 12.8 Å². The quantitative estimate of drug-likeness (QED) is 0.780. The van der Waals surface area contributed by atoms with Crippen molar-refractivity contribution in [2.45, 2.75) is 12.8 Å². The van der Waals surface area contributed by atoms with Crippen LogP contribution in [-0.4, -0.2) is 53.6 Å². The van der Waals surface area contributed by atoms with Crippen LogP contribution >= 0.6 is 11.3 Å². The lowest BCUT2D eigenvalue weighted by Gasteiger charge is -2.35. The number of rotatable bonds is 4. The van der Waals surface area contributed by atoms with E-state index in [-0.39, 0.29) is 23.5 Å². The third kappa shape index (κ3) is 3.29. The number of piperazine rings is 1. The second-order valence-electron chi connectivity index (χ2n) is 6.74. The van der Waals surface area contributed by atoms with E-state index in [0.29, 0.717) is 42.2 Å². The van der Waals surface area contributed by atoms with Gasteiger partial charge in [0.2, 0.25) is 11.7 Å². The molecule has 1 aliphatic heterocycles. The normalized spacial score (nSPS) is 17.2. The zero-order valence-electron chi connectivity index (χ0n) is 14.4. The van der Waals surface area contributed by atoms with Gasteiger partial charge in [0.15, 0.2) is 0 Å². The SMILES string of the molecule is O=C(c1cccs1)c1ccccc1C(=O)N1CCN(C(=O)C2CC2)CC1. The highest BCUT2D eigenvalue weighted by Gasteiger charge is 2.35. The van der Waals surface area contributed by atoms with Crippen molar-refractivity contribution in [2.24, 2.45) is 5.92 Å². The number of hydrogen-bond acceptors (Lipinski definition) is 4. The number of amides is 2. The molecular weight excluding hydrogens is 348 g/mol. The molecule has 1 aromatic heterocycles. The highest BCUT2D eigenvalue weighted by atomic mass is 32.1. The first-order valence-electron chi connectivity index (χ1n) is 8.90. The van der Waals surface area contributed by atoms with Crippen LogP contribution in [0.2, 0.25) is 0 Å². The van der Waals surface area contributed by atoms with Crippen molar-refractivity contribution in [3.05, 3.63) is 57.8 Å². The van der Waals surface area contributed by atoms with Gasteiger partial charge in [0.05, 0.1) is 10.4 Å². The summed E-state index contributed by atoms with van der Waals surface area (Å²) in [5.74, 6) is 0.183. The summed E-state index contributed by atoms with van der Waals surface area (Å²) in [6.45, 7) is 2.17. The van der Waals surface area contributed by atoms with Gasteiger partial charge in [-0.25, -0.2) is 0 Å². The highest BCUT2D eigenvalue weighted by Crippen LogP contribution is 2.31. The molecule has 1 aliphatic carbocycles. The number of thiophene rings is 1. The van der Waals surface area contributed by atoms with E-state index in [1.165, 1.54) is 11.3 Å². The second kappa shape index (κ2) is 7.03. The fraction of sp³-hybridized carbons (Fsp3) is 0.350. The number of ketones is 1. The van der Waals surface area contributed by atoms with Gasteiger partial charge in [-0.05, 0) is 30.4 Å². The Labute approximate surface area is 156 Å². The summed E-state index contributed by atoms with van der Waals surface area (Å²) < 4.78 is 0. The maximum absolute atomic E-state index is 13.0. The van der Waals surface area contributed by atoms with Crippen molar-refractivity contribution in [3.63, 3.8) is 0 Å². The lowest BCUT2D eigenvalue weighted by molar-refractivity contribution is -0.134. The van der Waals surface area contributed by atoms with Gasteiger partial charge in [-0.3, -0.25) is 14.4 Å². The summed E-state index contributed by atoms with van der Waals surface area (Å²) in [7, 11) is 0. The van der Waals surface area contributed by atoms with E-state index in [1.807, 2.05) is 16.3 Å². The molecule has 1 aromatic carbocycles. The summed E-state index contributed by atoms with van der Waals surface area (Å²) >= 11 is 1.38. The van der Waals surface area contributed by atoms with E-state index in [1.54, 1.807) is 35.2 Å². The van der Waals surface area contributed by atoms with Crippen LogP contribution < -0.4 is 0 Å². The van der Waals surface area contributed by atoms with Gasteiger partial charge < -0.3 is 9.80 Å². The average Bonchev–Trinajstić information content (AvgIpc) is 3.40. The topological polar surface area (TPSA) is 57.7 Å². The number of hydrogen-bond donors (Lipinski definition) is 0.